The molecule has 0 radical (unpaired) electrons. The van der Waals surface area contributed by atoms with Crippen LogP contribution in [-0.4, -0.2) is 25.8 Å². The second-order valence-corrected chi connectivity index (χ2v) is 6.61. The molecule has 19 heavy (non-hydrogen) atoms. The Hall–Kier alpha value is -1.45. The van der Waals surface area contributed by atoms with Crippen molar-refractivity contribution in [3.63, 3.8) is 0 Å². The molecule has 4 nitrogen and oxygen atoms in total. The highest BCUT2D eigenvalue weighted by molar-refractivity contribution is 7.89. The summed E-state index contributed by atoms with van der Waals surface area (Å²) in [6.07, 6.45) is 2.17. The third-order valence-corrected chi connectivity index (χ3v) is 4.93. The van der Waals surface area contributed by atoms with Crippen LogP contribution in [0.1, 0.15) is 19.3 Å². The average Bonchev–Trinajstić information content (AvgIpc) is 3.18. The van der Waals surface area contributed by atoms with Gasteiger partial charge in [0.15, 0.2) is 0 Å². The minimum absolute atomic E-state index is 0.0499. The zero-order valence-electron chi connectivity index (χ0n) is 10.4. The van der Waals surface area contributed by atoms with Crippen LogP contribution in [0.3, 0.4) is 0 Å². The molecule has 0 aromatic heterocycles. The molecule has 0 unspecified atom stereocenters. The van der Waals surface area contributed by atoms with Gasteiger partial charge in [0.25, 0.3) is 0 Å². The normalized spacial score (nSPS) is 15.4. The van der Waals surface area contributed by atoms with Crippen molar-refractivity contribution >= 4 is 10.0 Å². The van der Waals surface area contributed by atoms with Gasteiger partial charge in [-0.2, -0.15) is 9.57 Å². The van der Waals surface area contributed by atoms with Gasteiger partial charge in [-0.15, -0.1) is 0 Å². The van der Waals surface area contributed by atoms with Crippen molar-refractivity contribution in [3.05, 3.63) is 30.1 Å². The average molecular weight is 282 g/mol. The van der Waals surface area contributed by atoms with Crippen LogP contribution >= 0.6 is 0 Å². The van der Waals surface area contributed by atoms with Gasteiger partial charge in [0.1, 0.15) is 5.82 Å². The van der Waals surface area contributed by atoms with Crippen LogP contribution in [-0.2, 0) is 10.0 Å². The van der Waals surface area contributed by atoms with Crippen LogP contribution in [0.15, 0.2) is 29.2 Å². The van der Waals surface area contributed by atoms with Crippen LogP contribution < -0.4 is 0 Å². The first-order chi connectivity index (χ1) is 9.04. The monoisotopic (exact) mass is 282 g/mol. The molecule has 0 heterocycles. The molecule has 1 aliphatic carbocycles. The van der Waals surface area contributed by atoms with Crippen molar-refractivity contribution in [1.82, 2.24) is 4.31 Å². The van der Waals surface area contributed by atoms with Crippen molar-refractivity contribution < 1.29 is 12.8 Å². The van der Waals surface area contributed by atoms with Gasteiger partial charge < -0.3 is 0 Å². The van der Waals surface area contributed by atoms with Crippen LogP contribution in [0.5, 0.6) is 0 Å². The smallest absolute Gasteiger partial charge is 0.207 e. The lowest BCUT2D eigenvalue weighted by Gasteiger charge is -2.21. The summed E-state index contributed by atoms with van der Waals surface area (Å²) in [6.45, 7) is 0.576. The number of benzene rings is 1. The molecule has 0 amide bonds. The van der Waals surface area contributed by atoms with E-state index in [1.807, 2.05) is 6.07 Å². The van der Waals surface area contributed by atoms with E-state index < -0.39 is 15.8 Å². The molecule has 1 aliphatic rings. The summed E-state index contributed by atoms with van der Waals surface area (Å²) in [5.41, 5.74) is 0. The summed E-state index contributed by atoms with van der Waals surface area (Å²) in [5.74, 6) is -0.199. The van der Waals surface area contributed by atoms with Gasteiger partial charge >= 0.3 is 0 Å². The highest BCUT2D eigenvalue weighted by Gasteiger charge is 2.31. The second-order valence-electron chi connectivity index (χ2n) is 4.67. The Labute approximate surface area is 112 Å². The van der Waals surface area contributed by atoms with Gasteiger partial charge in [-0.05, 0) is 37.0 Å². The molecule has 1 saturated carbocycles. The quantitative estimate of drug-likeness (QED) is 0.803. The molecule has 102 valence electrons. The Morgan fingerprint density at radius 1 is 1.42 bits per heavy atom. The highest BCUT2D eigenvalue weighted by Crippen LogP contribution is 2.31. The lowest BCUT2D eigenvalue weighted by molar-refractivity contribution is 0.402. The van der Waals surface area contributed by atoms with Crippen molar-refractivity contribution in [2.45, 2.75) is 24.2 Å². The van der Waals surface area contributed by atoms with Gasteiger partial charge in [0, 0.05) is 19.5 Å². The Kier molecular flexibility index (Phi) is 4.17. The van der Waals surface area contributed by atoms with Crippen LogP contribution in [0.2, 0.25) is 0 Å². The minimum Gasteiger partial charge on any atom is -0.207 e. The first-order valence-corrected chi connectivity index (χ1v) is 7.60. The van der Waals surface area contributed by atoms with E-state index in [1.165, 1.54) is 22.5 Å². The van der Waals surface area contributed by atoms with Gasteiger partial charge in [0.2, 0.25) is 10.0 Å². The fraction of sp³-hybridized carbons (Fsp3) is 0.462. The second kappa shape index (κ2) is 5.68. The van der Waals surface area contributed by atoms with E-state index in [2.05, 4.69) is 0 Å². The van der Waals surface area contributed by atoms with Crippen molar-refractivity contribution in [2.24, 2.45) is 5.92 Å². The molecule has 0 atom stereocenters. The van der Waals surface area contributed by atoms with E-state index in [1.54, 1.807) is 0 Å². The van der Waals surface area contributed by atoms with Crippen molar-refractivity contribution in [1.29, 1.82) is 5.26 Å². The summed E-state index contributed by atoms with van der Waals surface area (Å²) < 4.78 is 39.3. The molecule has 2 rings (SSSR count). The topological polar surface area (TPSA) is 61.2 Å². The SMILES string of the molecule is N#CCCN(CC1CC1)S(=O)(=O)c1cccc(F)c1. The molecule has 6 heteroatoms. The van der Waals surface area contributed by atoms with Crippen molar-refractivity contribution in [3.8, 4) is 6.07 Å². The van der Waals surface area contributed by atoms with E-state index in [9.17, 15) is 12.8 Å². The van der Waals surface area contributed by atoms with E-state index >= 15 is 0 Å². The van der Waals surface area contributed by atoms with Crippen LogP contribution in [0, 0.1) is 23.1 Å². The van der Waals surface area contributed by atoms with Gasteiger partial charge in [0.05, 0.1) is 11.0 Å². The summed E-state index contributed by atoms with van der Waals surface area (Å²) in [5, 5.41) is 8.61. The maximum Gasteiger partial charge on any atom is 0.243 e. The standard InChI is InChI=1S/C13H15FN2O2S/c14-12-3-1-4-13(9-12)19(17,18)16(8-2-7-15)10-11-5-6-11/h1,3-4,9,11H,2,5-6,8,10H2. The number of rotatable bonds is 6. The zero-order chi connectivity index (χ0) is 13.9. The first kappa shape index (κ1) is 14.0. The van der Waals surface area contributed by atoms with E-state index in [0.29, 0.717) is 12.5 Å². The number of hydrogen-bond donors (Lipinski definition) is 0. The molecule has 0 aliphatic heterocycles. The molecule has 1 fully saturated rings. The van der Waals surface area contributed by atoms with Gasteiger partial charge in [-0.25, -0.2) is 12.8 Å². The molecular weight excluding hydrogens is 267 g/mol. The summed E-state index contributed by atoms with van der Waals surface area (Å²) in [4.78, 5) is -0.0499. The summed E-state index contributed by atoms with van der Waals surface area (Å²) in [7, 11) is -3.71. The summed E-state index contributed by atoms with van der Waals surface area (Å²) in [6, 6.07) is 6.93. The number of nitrogens with zero attached hydrogens (tertiary/aromatic N) is 2. The van der Waals surface area contributed by atoms with E-state index in [0.717, 1.165) is 18.9 Å². The minimum atomic E-state index is -3.71. The fourth-order valence-electron chi connectivity index (χ4n) is 1.85. The zero-order valence-corrected chi connectivity index (χ0v) is 11.2. The van der Waals surface area contributed by atoms with Crippen molar-refractivity contribution in [2.75, 3.05) is 13.1 Å². The molecule has 0 spiro atoms. The number of sulfonamides is 1. The van der Waals surface area contributed by atoms with E-state index in [-0.39, 0.29) is 17.9 Å². The largest absolute Gasteiger partial charge is 0.243 e. The first-order valence-electron chi connectivity index (χ1n) is 6.16. The van der Waals surface area contributed by atoms with E-state index in [4.69, 9.17) is 5.26 Å². The third kappa shape index (κ3) is 3.52. The maximum atomic E-state index is 13.2. The molecule has 0 bridgehead atoms. The maximum absolute atomic E-state index is 13.2. The molecule has 1 aromatic carbocycles. The Morgan fingerprint density at radius 3 is 2.74 bits per heavy atom. The molecule has 0 N–H and O–H groups in total. The lowest BCUT2D eigenvalue weighted by atomic mass is 10.3. The Bertz CT molecular complexity index is 591. The van der Waals surface area contributed by atoms with Crippen LogP contribution in [0.25, 0.3) is 0 Å². The predicted molar refractivity (Wildman–Crippen MR) is 68.1 cm³/mol. The molecular formula is C13H15FN2O2S. The van der Waals surface area contributed by atoms with Gasteiger partial charge in [-0.1, -0.05) is 6.07 Å². The Morgan fingerprint density at radius 2 is 2.16 bits per heavy atom. The Balaban J connectivity index is 2.24. The number of halogens is 1. The van der Waals surface area contributed by atoms with Crippen LogP contribution in [0.4, 0.5) is 4.39 Å². The van der Waals surface area contributed by atoms with Gasteiger partial charge in [-0.3, -0.25) is 0 Å². The predicted octanol–water partition coefficient (Wildman–Crippen LogP) is 2.14. The summed E-state index contributed by atoms with van der Waals surface area (Å²) >= 11 is 0. The molecule has 1 aromatic rings. The molecule has 0 saturated heterocycles. The lowest BCUT2D eigenvalue weighted by Crippen LogP contribution is -2.33. The number of hydrogen-bond acceptors (Lipinski definition) is 3. The highest BCUT2D eigenvalue weighted by atomic mass is 32.2. The number of nitriles is 1. The third-order valence-electron chi connectivity index (χ3n) is 3.07. The fourth-order valence-corrected chi connectivity index (χ4v) is 3.40.